The van der Waals surface area contributed by atoms with Crippen LogP contribution in [-0.2, 0) is 6.61 Å². The maximum absolute atomic E-state index is 14.2. The number of nitrogens with zero attached hydrogens (tertiary/aromatic N) is 1. The number of esters is 1. The standard InChI is InChI=1S/C35H26BrFN2O6/c1-3-41-31-14-20(8-12-29(31)42-18-21-6-4-5-7-27(21)37)32-24-11-10-23(16-30(24)45-34(39)26(32)17-38)43-35(40)33-19(2)25-15-22(36)9-13-28(25)44-33/h4-16,32H,3,18,39H2,1-2H3. The van der Waals surface area contributed by atoms with Crippen LogP contribution in [0.3, 0.4) is 0 Å². The number of hydrogen-bond donors (Lipinski definition) is 1. The highest BCUT2D eigenvalue weighted by Gasteiger charge is 2.32. The van der Waals surface area contributed by atoms with Gasteiger partial charge in [0.25, 0.3) is 0 Å². The molecule has 6 rings (SSSR count). The van der Waals surface area contributed by atoms with Gasteiger partial charge in [0.15, 0.2) is 11.5 Å². The summed E-state index contributed by atoms with van der Waals surface area (Å²) >= 11 is 3.44. The zero-order valence-electron chi connectivity index (χ0n) is 24.2. The van der Waals surface area contributed by atoms with E-state index < -0.39 is 11.9 Å². The highest BCUT2D eigenvalue weighted by Crippen LogP contribution is 2.45. The van der Waals surface area contributed by atoms with Crippen molar-refractivity contribution in [3.8, 4) is 29.1 Å². The van der Waals surface area contributed by atoms with Crippen LogP contribution in [0.4, 0.5) is 4.39 Å². The summed E-state index contributed by atoms with van der Waals surface area (Å²) in [5, 5.41) is 10.8. The molecule has 0 saturated carbocycles. The van der Waals surface area contributed by atoms with Crippen molar-refractivity contribution in [1.82, 2.24) is 0 Å². The van der Waals surface area contributed by atoms with E-state index in [4.69, 9.17) is 29.1 Å². The highest BCUT2D eigenvalue weighted by atomic mass is 79.9. The molecule has 0 bridgehead atoms. The van der Waals surface area contributed by atoms with Gasteiger partial charge in [-0.25, -0.2) is 9.18 Å². The number of rotatable bonds is 8. The maximum Gasteiger partial charge on any atom is 0.379 e. The van der Waals surface area contributed by atoms with Crippen molar-refractivity contribution in [3.63, 3.8) is 0 Å². The summed E-state index contributed by atoms with van der Waals surface area (Å²) in [4.78, 5) is 13.1. The third-order valence-corrected chi connectivity index (χ3v) is 7.92. The Kier molecular flexibility index (Phi) is 8.20. The Labute approximate surface area is 266 Å². The fourth-order valence-corrected chi connectivity index (χ4v) is 5.61. The molecule has 0 radical (unpaired) electrons. The highest BCUT2D eigenvalue weighted by molar-refractivity contribution is 9.10. The van der Waals surface area contributed by atoms with Gasteiger partial charge in [-0.15, -0.1) is 0 Å². The first-order chi connectivity index (χ1) is 21.8. The van der Waals surface area contributed by atoms with Crippen LogP contribution in [0.15, 0.2) is 99.2 Å². The number of benzene rings is 4. The molecule has 8 nitrogen and oxygen atoms in total. The molecule has 10 heteroatoms. The molecule has 226 valence electrons. The molecule has 1 aromatic heterocycles. The van der Waals surface area contributed by atoms with Crippen molar-refractivity contribution in [1.29, 1.82) is 5.26 Å². The number of carbonyl (C=O) groups excluding carboxylic acids is 1. The van der Waals surface area contributed by atoms with E-state index in [0.717, 1.165) is 9.86 Å². The second-order valence-corrected chi connectivity index (χ2v) is 11.1. The molecule has 1 aliphatic rings. The van der Waals surface area contributed by atoms with Crippen LogP contribution < -0.4 is 24.7 Å². The van der Waals surface area contributed by atoms with Crippen LogP contribution >= 0.6 is 15.9 Å². The normalized spacial score (nSPS) is 14.0. The lowest BCUT2D eigenvalue weighted by atomic mass is 9.83. The van der Waals surface area contributed by atoms with E-state index in [9.17, 15) is 14.4 Å². The van der Waals surface area contributed by atoms with Gasteiger partial charge in [-0.2, -0.15) is 5.26 Å². The van der Waals surface area contributed by atoms with Crippen molar-refractivity contribution in [2.24, 2.45) is 5.73 Å². The van der Waals surface area contributed by atoms with Crippen molar-refractivity contribution in [3.05, 3.63) is 129 Å². The van der Waals surface area contributed by atoms with Gasteiger partial charge in [0.05, 0.1) is 12.5 Å². The van der Waals surface area contributed by atoms with Crippen molar-refractivity contribution < 1.29 is 32.5 Å². The van der Waals surface area contributed by atoms with Crippen LogP contribution in [0.1, 0.15) is 45.7 Å². The molecule has 1 aliphatic heterocycles. The lowest BCUT2D eigenvalue weighted by Crippen LogP contribution is -2.21. The van der Waals surface area contributed by atoms with E-state index in [-0.39, 0.29) is 35.4 Å². The summed E-state index contributed by atoms with van der Waals surface area (Å²) in [6.07, 6.45) is 0. The third kappa shape index (κ3) is 5.82. The first kappa shape index (κ1) is 29.8. The van der Waals surface area contributed by atoms with E-state index in [1.54, 1.807) is 67.6 Å². The average Bonchev–Trinajstić information content (AvgIpc) is 3.36. The van der Waals surface area contributed by atoms with Crippen molar-refractivity contribution in [2.75, 3.05) is 6.61 Å². The summed E-state index contributed by atoms with van der Waals surface area (Å²) in [5.74, 6) is -0.252. The average molecular weight is 670 g/mol. The molecular formula is C35H26BrFN2O6. The van der Waals surface area contributed by atoms with E-state index in [0.29, 0.717) is 51.7 Å². The predicted molar refractivity (Wildman–Crippen MR) is 168 cm³/mol. The zero-order valence-corrected chi connectivity index (χ0v) is 25.8. The summed E-state index contributed by atoms with van der Waals surface area (Å²) in [6.45, 7) is 3.99. The second-order valence-electron chi connectivity index (χ2n) is 10.2. The monoisotopic (exact) mass is 668 g/mol. The minimum absolute atomic E-state index is 0.00902. The lowest BCUT2D eigenvalue weighted by molar-refractivity contribution is 0.0702. The minimum atomic E-state index is -0.666. The third-order valence-electron chi connectivity index (χ3n) is 7.43. The molecule has 1 atom stereocenters. The van der Waals surface area contributed by atoms with Crippen LogP contribution in [0, 0.1) is 24.1 Å². The van der Waals surface area contributed by atoms with Crippen LogP contribution in [0.5, 0.6) is 23.0 Å². The second kappa shape index (κ2) is 12.4. The molecule has 0 fully saturated rings. The molecule has 0 amide bonds. The summed E-state index contributed by atoms with van der Waals surface area (Å²) in [7, 11) is 0. The van der Waals surface area contributed by atoms with Gasteiger partial charge in [0.1, 0.15) is 41.1 Å². The smallest absolute Gasteiger partial charge is 0.379 e. The van der Waals surface area contributed by atoms with Gasteiger partial charge >= 0.3 is 5.97 Å². The largest absolute Gasteiger partial charge is 0.490 e. The Morgan fingerprint density at radius 2 is 1.87 bits per heavy atom. The molecular weight excluding hydrogens is 643 g/mol. The number of carbonyl (C=O) groups is 1. The Bertz CT molecular complexity index is 2030. The van der Waals surface area contributed by atoms with Crippen molar-refractivity contribution >= 4 is 32.9 Å². The number of halogens is 2. The number of furan rings is 1. The Morgan fingerprint density at radius 3 is 2.64 bits per heavy atom. The number of aryl methyl sites for hydroxylation is 1. The van der Waals surface area contributed by atoms with E-state index in [1.165, 1.54) is 6.07 Å². The fourth-order valence-electron chi connectivity index (χ4n) is 5.25. The number of fused-ring (bicyclic) bond motifs is 2. The van der Waals surface area contributed by atoms with Gasteiger partial charge < -0.3 is 29.1 Å². The minimum Gasteiger partial charge on any atom is -0.490 e. The lowest BCUT2D eigenvalue weighted by Gasteiger charge is -2.27. The first-order valence-corrected chi connectivity index (χ1v) is 14.8. The van der Waals surface area contributed by atoms with E-state index >= 15 is 0 Å². The molecule has 2 N–H and O–H groups in total. The van der Waals surface area contributed by atoms with Crippen LogP contribution in [-0.4, -0.2) is 12.6 Å². The number of hydrogen-bond acceptors (Lipinski definition) is 8. The molecule has 0 spiro atoms. The molecule has 1 unspecified atom stereocenters. The quantitative estimate of drug-likeness (QED) is 0.130. The van der Waals surface area contributed by atoms with E-state index in [1.807, 2.05) is 19.1 Å². The number of nitriles is 1. The Balaban J connectivity index is 1.30. The Morgan fingerprint density at radius 1 is 1.04 bits per heavy atom. The zero-order chi connectivity index (χ0) is 31.7. The molecule has 5 aromatic rings. The van der Waals surface area contributed by atoms with Gasteiger partial charge in [0, 0.05) is 32.6 Å². The molecule has 0 saturated heterocycles. The predicted octanol–water partition coefficient (Wildman–Crippen LogP) is 8.06. The van der Waals surface area contributed by atoms with Crippen molar-refractivity contribution in [2.45, 2.75) is 26.4 Å². The number of nitrogens with two attached hydrogens (primary N) is 1. The number of ether oxygens (including phenoxy) is 4. The van der Waals surface area contributed by atoms with Gasteiger partial charge in [-0.05, 0) is 61.9 Å². The maximum atomic E-state index is 14.2. The number of allylic oxidation sites excluding steroid dienone is 1. The Hall–Kier alpha value is -5.27. The van der Waals surface area contributed by atoms with Gasteiger partial charge in [-0.3, -0.25) is 0 Å². The molecule has 4 aromatic carbocycles. The fraction of sp³-hybridized carbons (Fsp3) is 0.143. The molecule has 0 aliphatic carbocycles. The summed E-state index contributed by atoms with van der Waals surface area (Å²) < 4.78 is 44.1. The van der Waals surface area contributed by atoms with Crippen LogP contribution in [0.25, 0.3) is 11.0 Å². The van der Waals surface area contributed by atoms with Crippen LogP contribution in [0.2, 0.25) is 0 Å². The van der Waals surface area contributed by atoms with Gasteiger partial charge in [-0.1, -0.05) is 46.3 Å². The van der Waals surface area contributed by atoms with E-state index in [2.05, 4.69) is 22.0 Å². The SMILES string of the molecule is CCOc1cc(C2C(C#N)=C(N)Oc3cc(OC(=O)c4oc5ccc(Br)cc5c4C)ccc32)ccc1OCc1ccccc1F. The molecule has 2 heterocycles. The first-order valence-electron chi connectivity index (χ1n) is 14.0. The topological polar surface area (TPSA) is 117 Å². The van der Waals surface area contributed by atoms with Gasteiger partial charge in [0.2, 0.25) is 11.6 Å². The summed E-state index contributed by atoms with van der Waals surface area (Å²) in [6, 6.07) is 24.2. The molecule has 45 heavy (non-hydrogen) atoms. The summed E-state index contributed by atoms with van der Waals surface area (Å²) in [5.41, 5.74) is 9.38.